The second-order valence-corrected chi connectivity index (χ2v) is 4.26. The zero-order valence-electron chi connectivity index (χ0n) is 8.09. The van der Waals surface area contributed by atoms with E-state index < -0.39 is 21.8 Å². The number of hydrogen-bond donors (Lipinski definition) is 1. The van der Waals surface area contributed by atoms with E-state index in [0.717, 1.165) is 7.11 Å². The number of hydrogen-bond acceptors (Lipinski definition) is 7. The average molecular weight is 254 g/mol. The number of rotatable bonds is 4. The third kappa shape index (κ3) is 6.24. The molecule has 0 fully saturated rings. The van der Waals surface area contributed by atoms with Gasteiger partial charge in [0.2, 0.25) is 0 Å². The van der Waals surface area contributed by atoms with Crippen LogP contribution in [0.25, 0.3) is 0 Å². The predicted octanol–water partition coefficient (Wildman–Crippen LogP) is 1.44. The zero-order valence-corrected chi connectivity index (χ0v) is 9.72. The Balaban J connectivity index is 4.11. The lowest BCUT2D eigenvalue weighted by Crippen LogP contribution is -2.22. The smallest absolute Gasteiger partial charge is 0.367 e. The molecular weight excluding hydrogens is 244 g/mol. The van der Waals surface area contributed by atoms with Gasteiger partial charge in [-0.15, -0.1) is 0 Å². The number of aliphatic carboxylic acids is 1. The Morgan fingerprint density at radius 3 is 2.13 bits per heavy atom. The van der Waals surface area contributed by atoms with Crippen LogP contribution in [0.4, 0.5) is 9.59 Å². The Hall–Kier alpha value is -0.890. The molecule has 0 spiro atoms. The maximum atomic E-state index is 10.8. The average Bonchev–Trinajstić information content (AvgIpc) is 2.22. The van der Waals surface area contributed by atoms with E-state index >= 15 is 0 Å². The molecular formula is C7H10O6S2. The van der Waals surface area contributed by atoms with E-state index in [1.165, 1.54) is 7.11 Å². The standard InChI is InChI=1S/C7H10O6S2/c1-12-6(10)14-3-4(5(8)9)15-7(11)13-2/h4H,3H2,1-2H3,(H,8,9). The first kappa shape index (κ1) is 14.1. The first-order valence-corrected chi connectivity index (χ1v) is 5.56. The molecule has 0 saturated heterocycles. The van der Waals surface area contributed by atoms with Crippen molar-refractivity contribution in [3.8, 4) is 0 Å². The van der Waals surface area contributed by atoms with Crippen LogP contribution in [0.2, 0.25) is 0 Å². The molecule has 0 aliphatic heterocycles. The van der Waals surface area contributed by atoms with Crippen molar-refractivity contribution in [3.05, 3.63) is 0 Å². The molecule has 0 aliphatic rings. The summed E-state index contributed by atoms with van der Waals surface area (Å²) in [7, 11) is 2.35. The van der Waals surface area contributed by atoms with Crippen LogP contribution in [-0.2, 0) is 14.3 Å². The van der Waals surface area contributed by atoms with Crippen LogP contribution in [0.15, 0.2) is 0 Å². The Morgan fingerprint density at radius 2 is 1.73 bits per heavy atom. The van der Waals surface area contributed by atoms with Crippen LogP contribution in [0.5, 0.6) is 0 Å². The molecule has 0 radical (unpaired) electrons. The number of methoxy groups -OCH3 is 2. The SMILES string of the molecule is COC(=O)SCC(SC(=O)OC)C(=O)O. The Kier molecular flexibility index (Phi) is 6.97. The summed E-state index contributed by atoms with van der Waals surface area (Å²) in [6.45, 7) is 0. The highest BCUT2D eigenvalue weighted by Crippen LogP contribution is 2.19. The molecule has 0 aromatic rings. The third-order valence-electron chi connectivity index (χ3n) is 1.20. The van der Waals surface area contributed by atoms with Gasteiger partial charge in [-0.25, -0.2) is 9.59 Å². The molecule has 0 aromatic heterocycles. The van der Waals surface area contributed by atoms with Crippen LogP contribution in [0, 0.1) is 0 Å². The summed E-state index contributed by atoms with van der Waals surface area (Å²) in [5.74, 6) is -1.23. The van der Waals surface area contributed by atoms with Gasteiger partial charge in [0.25, 0.3) is 0 Å². The molecule has 0 aromatic carbocycles. The van der Waals surface area contributed by atoms with E-state index in [9.17, 15) is 14.4 Å². The molecule has 8 heteroatoms. The van der Waals surface area contributed by atoms with E-state index in [4.69, 9.17) is 5.11 Å². The monoisotopic (exact) mass is 254 g/mol. The topological polar surface area (TPSA) is 89.9 Å². The Labute approximate surface area is 94.7 Å². The molecule has 1 N–H and O–H groups in total. The Morgan fingerprint density at radius 1 is 1.20 bits per heavy atom. The summed E-state index contributed by atoms with van der Waals surface area (Å²) in [6, 6.07) is 0. The fourth-order valence-electron chi connectivity index (χ4n) is 0.523. The molecule has 0 rings (SSSR count). The predicted molar refractivity (Wildman–Crippen MR) is 56.3 cm³/mol. The van der Waals surface area contributed by atoms with E-state index in [1.807, 2.05) is 0 Å². The van der Waals surface area contributed by atoms with Crippen molar-refractivity contribution in [3.63, 3.8) is 0 Å². The minimum Gasteiger partial charge on any atom is -0.480 e. The van der Waals surface area contributed by atoms with E-state index in [-0.39, 0.29) is 5.75 Å². The zero-order chi connectivity index (χ0) is 11.8. The summed E-state index contributed by atoms with van der Waals surface area (Å²) < 4.78 is 8.62. The van der Waals surface area contributed by atoms with Crippen molar-refractivity contribution in [2.45, 2.75) is 5.25 Å². The van der Waals surface area contributed by atoms with Gasteiger partial charge in [-0.2, -0.15) is 0 Å². The highest BCUT2D eigenvalue weighted by molar-refractivity contribution is 8.17. The maximum absolute atomic E-state index is 10.8. The van der Waals surface area contributed by atoms with Gasteiger partial charge in [0.1, 0.15) is 5.25 Å². The number of ether oxygens (including phenoxy) is 2. The van der Waals surface area contributed by atoms with Gasteiger partial charge < -0.3 is 14.6 Å². The van der Waals surface area contributed by atoms with E-state index in [1.54, 1.807) is 0 Å². The van der Waals surface area contributed by atoms with Crippen molar-refractivity contribution < 1.29 is 29.0 Å². The molecule has 0 amide bonds. The van der Waals surface area contributed by atoms with Gasteiger partial charge in [-0.05, 0) is 23.5 Å². The summed E-state index contributed by atoms with van der Waals surface area (Å²) in [4.78, 5) is 32.2. The first-order chi connectivity index (χ1) is 7.01. The molecule has 0 aliphatic carbocycles. The number of carbonyl (C=O) groups is 3. The Bertz CT molecular complexity index is 254. The molecule has 0 heterocycles. The fraction of sp³-hybridized carbons (Fsp3) is 0.571. The first-order valence-electron chi connectivity index (χ1n) is 3.69. The normalized spacial score (nSPS) is 11.6. The highest BCUT2D eigenvalue weighted by Gasteiger charge is 2.24. The molecule has 6 nitrogen and oxygen atoms in total. The summed E-state index contributed by atoms with van der Waals surface area (Å²) in [5.41, 5.74) is 0. The van der Waals surface area contributed by atoms with Gasteiger partial charge in [0, 0.05) is 5.75 Å². The summed E-state index contributed by atoms with van der Waals surface area (Å²) >= 11 is 1.21. The largest absolute Gasteiger partial charge is 0.480 e. The third-order valence-corrected chi connectivity index (χ3v) is 3.33. The lowest BCUT2D eigenvalue weighted by Gasteiger charge is -2.08. The van der Waals surface area contributed by atoms with Crippen LogP contribution in [-0.4, -0.2) is 46.9 Å². The number of carboxylic acids is 1. The molecule has 15 heavy (non-hydrogen) atoms. The quantitative estimate of drug-likeness (QED) is 0.754. The minimum atomic E-state index is -1.18. The fourth-order valence-corrected chi connectivity index (χ4v) is 1.98. The summed E-state index contributed by atoms with van der Waals surface area (Å²) in [6.07, 6.45) is 0. The minimum absolute atomic E-state index is 0.0538. The molecule has 1 unspecified atom stereocenters. The van der Waals surface area contributed by atoms with Crippen LogP contribution in [0.3, 0.4) is 0 Å². The second-order valence-electron chi connectivity index (χ2n) is 2.16. The highest BCUT2D eigenvalue weighted by atomic mass is 32.2. The number of carbonyl (C=O) groups excluding carboxylic acids is 2. The van der Waals surface area contributed by atoms with Crippen molar-refractivity contribution in [2.24, 2.45) is 0 Å². The van der Waals surface area contributed by atoms with Crippen molar-refractivity contribution in [2.75, 3.05) is 20.0 Å². The molecule has 86 valence electrons. The summed E-state index contributed by atoms with van der Waals surface area (Å²) in [5, 5.41) is 6.39. The van der Waals surface area contributed by atoms with E-state index in [2.05, 4.69) is 9.47 Å². The second kappa shape index (κ2) is 7.41. The van der Waals surface area contributed by atoms with Crippen LogP contribution < -0.4 is 0 Å². The number of thioether (sulfide) groups is 2. The molecule has 0 bridgehead atoms. The van der Waals surface area contributed by atoms with E-state index in [0.29, 0.717) is 23.5 Å². The number of carboxylic acid groups (broad SMARTS) is 1. The van der Waals surface area contributed by atoms with Crippen molar-refractivity contribution in [1.82, 2.24) is 0 Å². The van der Waals surface area contributed by atoms with Crippen molar-refractivity contribution >= 4 is 40.1 Å². The van der Waals surface area contributed by atoms with Crippen LogP contribution in [0.1, 0.15) is 0 Å². The molecule has 1 atom stereocenters. The van der Waals surface area contributed by atoms with Gasteiger partial charge in [-0.3, -0.25) is 4.79 Å². The lowest BCUT2D eigenvalue weighted by atomic mass is 10.5. The van der Waals surface area contributed by atoms with Gasteiger partial charge in [0.15, 0.2) is 0 Å². The maximum Gasteiger partial charge on any atom is 0.367 e. The lowest BCUT2D eigenvalue weighted by molar-refractivity contribution is -0.135. The van der Waals surface area contributed by atoms with Gasteiger partial charge >= 0.3 is 16.6 Å². The molecule has 0 saturated carbocycles. The van der Waals surface area contributed by atoms with Gasteiger partial charge in [-0.1, -0.05) is 0 Å². The van der Waals surface area contributed by atoms with Gasteiger partial charge in [0.05, 0.1) is 14.2 Å². The van der Waals surface area contributed by atoms with Crippen LogP contribution >= 0.6 is 23.5 Å². The van der Waals surface area contributed by atoms with Crippen molar-refractivity contribution in [1.29, 1.82) is 0 Å².